The number of hydrogen-bond donors (Lipinski definition) is 5. The molecule has 0 aliphatic heterocycles. The molecule has 0 spiro atoms. The molecule has 2 bridgehead atoms. The molecule has 1 aromatic carbocycles. The van der Waals surface area contributed by atoms with Crippen molar-refractivity contribution in [2.24, 2.45) is 40.7 Å². The van der Waals surface area contributed by atoms with Gasteiger partial charge in [-0.15, -0.1) is 0 Å². The first-order chi connectivity index (χ1) is 21.5. The van der Waals surface area contributed by atoms with E-state index in [0.29, 0.717) is 23.3 Å². The van der Waals surface area contributed by atoms with Gasteiger partial charge in [-0.25, -0.2) is 0 Å². The van der Waals surface area contributed by atoms with Gasteiger partial charge >= 0.3 is 5.97 Å². The number of ketones is 2. The second-order valence-electron chi connectivity index (χ2n) is 15.2. The minimum absolute atomic E-state index is 0.0718. The van der Waals surface area contributed by atoms with Crippen LogP contribution in [0, 0.1) is 35.0 Å². The van der Waals surface area contributed by atoms with E-state index in [-0.39, 0.29) is 28.7 Å². The summed E-state index contributed by atoms with van der Waals surface area (Å²) in [5, 5.41) is 46.1. The predicted octanol–water partition coefficient (Wildman–Crippen LogP) is 3.45. The van der Waals surface area contributed by atoms with Gasteiger partial charge < -0.3 is 30.9 Å². The van der Waals surface area contributed by atoms with E-state index in [4.69, 9.17) is 10.5 Å². The van der Waals surface area contributed by atoms with Gasteiger partial charge in [-0.1, -0.05) is 32.9 Å². The highest BCUT2D eigenvalue weighted by Gasteiger charge is 2.68. The molecular formula is C35H44N2O9. The van der Waals surface area contributed by atoms with Gasteiger partial charge in [-0.05, 0) is 86.9 Å². The van der Waals surface area contributed by atoms with Gasteiger partial charge in [0.25, 0.3) is 5.91 Å². The van der Waals surface area contributed by atoms with Crippen LogP contribution in [0.1, 0.15) is 81.1 Å². The Morgan fingerprint density at radius 3 is 2.26 bits per heavy atom. The topological polar surface area (TPSA) is 188 Å². The summed E-state index contributed by atoms with van der Waals surface area (Å²) in [7, 11) is 3.08. The van der Waals surface area contributed by atoms with Crippen LogP contribution >= 0.6 is 0 Å². The van der Waals surface area contributed by atoms with Crippen LogP contribution in [0.3, 0.4) is 0 Å². The minimum atomic E-state index is -2.96. The largest absolute Gasteiger partial charge is 0.510 e. The van der Waals surface area contributed by atoms with Crippen LogP contribution in [-0.2, 0) is 19.1 Å². The number of aliphatic hydroxyl groups is 3. The van der Waals surface area contributed by atoms with Gasteiger partial charge in [0.1, 0.15) is 28.9 Å². The molecule has 1 amide bonds. The van der Waals surface area contributed by atoms with E-state index in [2.05, 4.69) is 13.8 Å². The molecule has 0 radical (unpaired) electrons. The number of rotatable bonds is 5. The standard InChI is InChI=1S/C35H44N2O9/c1-15-9-17-11-18(10-15)13-34(3,12-17)14-21(39)46-30-22-16(2)19-7-6-8-20(38)23(19)28(40)24(22)31(42)35(45)26(30)27(37(4)5)29(41)25(32(35)43)33(36)44/h6-8,15-18,22,26-27,30,38,41-42,45H,9-14H2,1-5H3,(H2,36,44)/t15?,16-,17?,18?,22-,26-,27+,30-,34?,35+/m0/s1. The SMILES string of the molecule is CC1CC2CC(C1)CC(C)(CC(=O)O[C@H]1[C@@H]3C(=C(O)[C@@]4(O)C(=O)C(C(N)=O)=C(O)[C@H](N(C)C)[C@@H]14)C(=O)c1c(O)cccc1[C@@H]3C)C2. The number of Topliss-reactive ketones (excluding diaryl/α,β-unsaturated/α-hetero) is 2. The van der Waals surface area contributed by atoms with Crippen LogP contribution in [-0.4, -0.2) is 80.6 Å². The van der Waals surface area contributed by atoms with E-state index < -0.39 is 76.0 Å². The van der Waals surface area contributed by atoms with Crippen LogP contribution < -0.4 is 5.73 Å². The number of phenolic OH excluding ortho intramolecular Hbond substituents is 1. The van der Waals surface area contributed by atoms with Crippen LogP contribution in [0.4, 0.5) is 0 Å². The Kier molecular flexibility index (Phi) is 7.67. The molecule has 6 N–H and O–H groups in total. The molecule has 5 aliphatic rings. The van der Waals surface area contributed by atoms with E-state index in [0.717, 1.165) is 32.1 Å². The first kappa shape index (κ1) is 32.2. The lowest BCUT2D eigenvalue weighted by Gasteiger charge is -2.54. The van der Waals surface area contributed by atoms with Crippen LogP contribution in [0.2, 0.25) is 0 Å². The molecule has 2 saturated carbocycles. The summed E-state index contributed by atoms with van der Waals surface area (Å²) in [6.07, 6.45) is 3.76. The number of benzene rings is 1. The van der Waals surface area contributed by atoms with Gasteiger partial charge in [0, 0.05) is 11.5 Å². The van der Waals surface area contributed by atoms with Crippen molar-refractivity contribution in [3.63, 3.8) is 0 Å². The Morgan fingerprint density at radius 1 is 1.04 bits per heavy atom. The fraction of sp³-hybridized carbons (Fsp3) is 0.600. The van der Waals surface area contributed by atoms with E-state index in [1.54, 1.807) is 19.1 Å². The molecule has 8 atom stereocenters. The summed E-state index contributed by atoms with van der Waals surface area (Å²) in [6, 6.07) is 3.24. The van der Waals surface area contributed by atoms with Gasteiger partial charge in [0.15, 0.2) is 11.4 Å². The summed E-state index contributed by atoms with van der Waals surface area (Å²) >= 11 is 0. The molecule has 0 heterocycles. The molecule has 11 heteroatoms. The van der Waals surface area contributed by atoms with Crippen molar-refractivity contribution >= 4 is 23.4 Å². The van der Waals surface area contributed by atoms with Crippen LogP contribution in [0.25, 0.3) is 0 Å². The summed E-state index contributed by atoms with van der Waals surface area (Å²) in [6.45, 7) is 6.11. The Labute approximate surface area is 268 Å². The van der Waals surface area contributed by atoms with Crippen molar-refractivity contribution in [3.8, 4) is 5.75 Å². The molecule has 5 aliphatic carbocycles. The zero-order valence-electron chi connectivity index (χ0n) is 26.9. The molecular weight excluding hydrogens is 592 g/mol. The predicted molar refractivity (Wildman–Crippen MR) is 166 cm³/mol. The van der Waals surface area contributed by atoms with E-state index in [1.165, 1.54) is 25.1 Å². The Balaban J connectivity index is 1.49. The molecule has 2 unspecified atom stereocenters. The van der Waals surface area contributed by atoms with Crippen LogP contribution in [0.5, 0.6) is 5.75 Å². The minimum Gasteiger partial charge on any atom is -0.510 e. The highest BCUT2D eigenvalue weighted by atomic mass is 16.5. The van der Waals surface area contributed by atoms with Gasteiger partial charge in [0.05, 0.1) is 23.9 Å². The van der Waals surface area contributed by atoms with Crippen molar-refractivity contribution < 1.29 is 44.3 Å². The first-order valence-corrected chi connectivity index (χ1v) is 16.2. The van der Waals surface area contributed by atoms with E-state index in [1.807, 2.05) is 0 Å². The fourth-order valence-electron chi connectivity index (χ4n) is 10.1. The maximum atomic E-state index is 14.1. The molecule has 11 nitrogen and oxygen atoms in total. The average Bonchev–Trinajstić information content (AvgIpc) is 2.93. The van der Waals surface area contributed by atoms with Crippen molar-refractivity contribution in [3.05, 3.63) is 52.0 Å². The second kappa shape index (κ2) is 10.9. The lowest BCUT2D eigenvalue weighted by molar-refractivity contribution is -0.183. The number of likely N-dealkylation sites (N-methyl/N-ethyl adjacent to an activating group) is 1. The van der Waals surface area contributed by atoms with Gasteiger partial charge in [0.2, 0.25) is 5.78 Å². The zero-order chi connectivity index (χ0) is 33.6. The number of phenols is 1. The number of aliphatic hydroxyl groups excluding tert-OH is 2. The lowest BCUT2D eigenvalue weighted by Crippen LogP contribution is -2.69. The Bertz CT molecular complexity index is 1580. The smallest absolute Gasteiger partial charge is 0.306 e. The number of nitrogens with zero attached hydrogens (tertiary/aromatic N) is 1. The summed E-state index contributed by atoms with van der Waals surface area (Å²) in [5.74, 6) is -7.79. The Morgan fingerprint density at radius 2 is 1.67 bits per heavy atom. The Hall–Kier alpha value is -3.70. The van der Waals surface area contributed by atoms with Crippen molar-refractivity contribution in [2.45, 2.75) is 83.0 Å². The van der Waals surface area contributed by atoms with Crippen molar-refractivity contribution in [2.75, 3.05) is 14.1 Å². The number of esters is 1. The molecule has 0 aromatic heterocycles. The van der Waals surface area contributed by atoms with Crippen molar-refractivity contribution in [1.82, 2.24) is 4.90 Å². The van der Waals surface area contributed by atoms with E-state index >= 15 is 0 Å². The summed E-state index contributed by atoms with van der Waals surface area (Å²) in [4.78, 5) is 56.0. The molecule has 0 saturated heterocycles. The molecule has 46 heavy (non-hydrogen) atoms. The maximum absolute atomic E-state index is 14.1. The summed E-state index contributed by atoms with van der Waals surface area (Å²) in [5.41, 5.74) is 1.24. The number of carbonyl (C=O) groups excluding carboxylic acids is 4. The van der Waals surface area contributed by atoms with Gasteiger partial charge in [-0.2, -0.15) is 0 Å². The molecule has 2 fully saturated rings. The fourth-order valence-corrected chi connectivity index (χ4v) is 10.1. The number of aromatic hydroxyl groups is 1. The van der Waals surface area contributed by atoms with Crippen LogP contribution in [0.15, 0.2) is 40.9 Å². The summed E-state index contributed by atoms with van der Waals surface area (Å²) < 4.78 is 6.30. The molecule has 6 rings (SSSR count). The number of fused-ring (bicyclic) bond motifs is 5. The highest BCUT2D eigenvalue weighted by molar-refractivity contribution is 6.25. The molecule has 1 aromatic rings. The number of nitrogens with two attached hydrogens (primary N) is 1. The highest BCUT2D eigenvalue weighted by Crippen LogP contribution is 2.57. The van der Waals surface area contributed by atoms with E-state index in [9.17, 15) is 39.6 Å². The normalized spacial score (nSPS) is 38.7. The number of ether oxygens (including phenoxy) is 1. The zero-order valence-corrected chi connectivity index (χ0v) is 26.9. The number of hydrogen-bond acceptors (Lipinski definition) is 10. The second-order valence-corrected chi connectivity index (χ2v) is 15.2. The third-order valence-corrected chi connectivity index (χ3v) is 11.5. The monoisotopic (exact) mass is 636 g/mol. The molecule has 248 valence electrons. The first-order valence-electron chi connectivity index (χ1n) is 16.2. The van der Waals surface area contributed by atoms with Gasteiger partial charge in [-0.3, -0.25) is 24.1 Å². The maximum Gasteiger partial charge on any atom is 0.306 e. The number of carbonyl (C=O) groups is 4. The third kappa shape index (κ3) is 4.68. The average molecular weight is 637 g/mol. The lowest BCUT2D eigenvalue weighted by atomic mass is 9.55. The number of primary amides is 1. The quantitative estimate of drug-likeness (QED) is 0.237. The third-order valence-electron chi connectivity index (χ3n) is 11.5. The van der Waals surface area contributed by atoms with Crippen molar-refractivity contribution in [1.29, 1.82) is 0 Å². The number of amides is 1.